The Morgan fingerprint density at radius 2 is 0.857 bits per heavy atom. The van der Waals surface area contributed by atoms with Gasteiger partial charge in [-0.3, -0.25) is 0 Å². The molecule has 0 N–H and O–H groups in total. The van der Waals surface area contributed by atoms with E-state index in [-0.39, 0.29) is 0 Å². The minimum Gasteiger partial charge on any atom is -0.455 e. The number of hydrogen-bond acceptors (Lipinski definition) is 1. The molecule has 3 heteroatoms. The summed E-state index contributed by atoms with van der Waals surface area (Å²) in [6.07, 6.45) is 13.9. The predicted molar refractivity (Wildman–Crippen MR) is 103 cm³/mol. The molecule has 0 saturated carbocycles. The van der Waals surface area contributed by atoms with Crippen LogP contribution in [0.2, 0.25) is 38.3 Å². The van der Waals surface area contributed by atoms with E-state index in [9.17, 15) is 0 Å². The summed E-state index contributed by atoms with van der Waals surface area (Å²) in [5, 5.41) is 0. The third kappa shape index (κ3) is 13.8. The Labute approximate surface area is 137 Å². The first-order valence-electron chi connectivity index (χ1n) is 9.53. The molecule has 0 amide bonds. The fourth-order valence-electron chi connectivity index (χ4n) is 3.16. The third-order valence-electron chi connectivity index (χ3n) is 4.32. The molecular formula is C18H42OSi2. The summed E-state index contributed by atoms with van der Waals surface area (Å²) in [6, 6.07) is 2.73. The third-order valence-corrected chi connectivity index (χ3v) is 11.9. The van der Waals surface area contributed by atoms with Crippen LogP contribution in [0.25, 0.3) is 0 Å². The second kappa shape index (κ2) is 11.9. The van der Waals surface area contributed by atoms with Gasteiger partial charge in [-0.25, -0.2) is 0 Å². The van der Waals surface area contributed by atoms with Crippen LogP contribution in [0.5, 0.6) is 0 Å². The molecular weight excluding hydrogens is 288 g/mol. The van der Waals surface area contributed by atoms with Crippen LogP contribution >= 0.6 is 0 Å². The standard InChI is InChI=1S/C18H42OSi2/c1-7-9-11-13-14-16-18-21(5,6)19-20(3,4)17-15-12-10-8-2/h7-18H2,1-6H3. The molecule has 0 aliphatic rings. The summed E-state index contributed by atoms with van der Waals surface area (Å²) in [5.41, 5.74) is 0. The van der Waals surface area contributed by atoms with E-state index in [2.05, 4.69) is 40.0 Å². The van der Waals surface area contributed by atoms with E-state index in [0.717, 1.165) is 0 Å². The van der Waals surface area contributed by atoms with Gasteiger partial charge in [0.15, 0.2) is 16.6 Å². The van der Waals surface area contributed by atoms with Crippen LogP contribution < -0.4 is 0 Å². The molecule has 0 aromatic rings. The molecule has 0 bridgehead atoms. The summed E-state index contributed by atoms with van der Waals surface area (Å²) in [5.74, 6) is 0. The highest BCUT2D eigenvalue weighted by Crippen LogP contribution is 2.25. The SMILES string of the molecule is CCCCCCCC[Si](C)(C)O[Si](C)(C)CCCCCC. The minimum absolute atomic E-state index is 1.33. The van der Waals surface area contributed by atoms with E-state index in [1.54, 1.807) is 0 Å². The molecule has 128 valence electrons. The zero-order valence-corrected chi connectivity index (χ0v) is 17.9. The summed E-state index contributed by atoms with van der Waals surface area (Å²) in [4.78, 5) is 0. The van der Waals surface area contributed by atoms with Crippen LogP contribution in [-0.4, -0.2) is 16.6 Å². The first-order valence-corrected chi connectivity index (χ1v) is 15.8. The van der Waals surface area contributed by atoms with Gasteiger partial charge < -0.3 is 4.12 Å². The summed E-state index contributed by atoms with van der Waals surface area (Å²) in [7, 11) is -2.82. The van der Waals surface area contributed by atoms with Gasteiger partial charge >= 0.3 is 0 Å². The van der Waals surface area contributed by atoms with Crippen LogP contribution in [0.3, 0.4) is 0 Å². The average molecular weight is 331 g/mol. The van der Waals surface area contributed by atoms with E-state index < -0.39 is 16.6 Å². The number of rotatable bonds is 14. The van der Waals surface area contributed by atoms with Crippen molar-refractivity contribution in [3.8, 4) is 0 Å². The van der Waals surface area contributed by atoms with E-state index in [1.165, 1.54) is 76.3 Å². The maximum atomic E-state index is 6.71. The van der Waals surface area contributed by atoms with Gasteiger partial charge in [0.05, 0.1) is 0 Å². The van der Waals surface area contributed by atoms with Gasteiger partial charge in [-0.05, 0) is 38.3 Å². The second-order valence-electron chi connectivity index (χ2n) is 7.95. The van der Waals surface area contributed by atoms with Crippen LogP contribution in [-0.2, 0) is 4.12 Å². The second-order valence-corrected chi connectivity index (χ2v) is 16.8. The Morgan fingerprint density at radius 3 is 1.29 bits per heavy atom. The predicted octanol–water partition coefficient (Wildman–Crippen LogP) is 7.35. The molecule has 0 rings (SSSR count). The van der Waals surface area contributed by atoms with Crippen molar-refractivity contribution in [2.45, 2.75) is 116 Å². The van der Waals surface area contributed by atoms with Crippen molar-refractivity contribution in [3.05, 3.63) is 0 Å². The molecule has 0 unspecified atom stereocenters. The van der Waals surface area contributed by atoms with Crippen LogP contribution in [0, 0.1) is 0 Å². The minimum atomic E-state index is -1.41. The Bertz CT molecular complexity index is 239. The molecule has 0 aromatic carbocycles. The van der Waals surface area contributed by atoms with Gasteiger partial charge in [0.2, 0.25) is 0 Å². The van der Waals surface area contributed by atoms with Gasteiger partial charge in [0.25, 0.3) is 0 Å². The molecule has 0 radical (unpaired) electrons. The van der Waals surface area contributed by atoms with Crippen LogP contribution in [0.15, 0.2) is 0 Å². The maximum absolute atomic E-state index is 6.71. The Hall–Kier alpha value is 0.394. The Morgan fingerprint density at radius 1 is 0.524 bits per heavy atom. The van der Waals surface area contributed by atoms with Gasteiger partial charge in [-0.15, -0.1) is 0 Å². The molecule has 0 heterocycles. The first-order chi connectivity index (χ1) is 9.83. The molecule has 0 saturated heterocycles. The van der Waals surface area contributed by atoms with Crippen molar-refractivity contribution < 1.29 is 4.12 Å². The van der Waals surface area contributed by atoms with Crippen molar-refractivity contribution in [1.29, 1.82) is 0 Å². The van der Waals surface area contributed by atoms with E-state index >= 15 is 0 Å². The Kier molecular flexibility index (Phi) is 12.1. The van der Waals surface area contributed by atoms with Gasteiger partial charge in [-0.2, -0.15) is 0 Å². The topological polar surface area (TPSA) is 9.23 Å². The maximum Gasteiger partial charge on any atom is 0.173 e. The van der Waals surface area contributed by atoms with Gasteiger partial charge in [0, 0.05) is 0 Å². The fraction of sp³-hybridized carbons (Fsp3) is 1.00. The normalized spacial score (nSPS) is 12.9. The highest BCUT2D eigenvalue weighted by molar-refractivity contribution is 6.84. The molecule has 0 aliphatic carbocycles. The lowest BCUT2D eigenvalue weighted by Gasteiger charge is -2.34. The van der Waals surface area contributed by atoms with E-state index in [1.807, 2.05) is 0 Å². The zero-order chi connectivity index (χ0) is 16.2. The first kappa shape index (κ1) is 21.4. The highest BCUT2D eigenvalue weighted by Gasteiger charge is 2.31. The van der Waals surface area contributed by atoms with Crippen LogP contribution in [0.4, 0.5) is 0 Å². The van der Waals surface area contributed by atoms with Gasteiger partial charge in [0.1, 0.15) is 0 Å². The molecule has 1 nitrogen and oxygen atoms in total. The molecule has 21 heavy (non-hydrogen) atoms. The van der Waals surface area contributed by atoms with Crippen molar-refractivity contribution >= 4 is 16.6 Å². The number of unbranched alkanes of at least 4 members (excludes halogenated alkanes) is 8. The molecule has 0 spiro atoms. The highest BCUT2D eigenvalue weighted by atomic mass is 28.4. The molecule has 0 atom stereocenters. The lowest BCUT2D eigenvalue weighted by molar-refractivity contribution is 0.521. The van der Waals surface area contributed by atoms with Crippen molar-refractivity contribution in [1.82, 2.24) is 0 Å². The quantitative estimate of drug-likeness (QED) is 0.239. The Balaban J connectivity index is 3.85. The largest absolute Gasteiger partial charge is 0.455 e. The molecule has 0 aromatic heterocycles. The summed E-state index contributed by atoms with van der Waals surface area (Å²) < 4.78 is 6.71. The van der Waals surface area contributed by atoms with Crippen molar-refractivity contribution in [2.75, 3.05) is 0 Å². The van der Waals surface area contributed by atoms with E-state index in [0.29, 0.717) is 0 Å². The lowest BCUT2D eigenvalue weighted by Crippen LogP contribution is -2.44. The van der Waals surface area contributed by atoms with E-state index in [4.69, 9.17) is 4.12 Å². The lowest BCUT2D eigenvalue weighted by atomic mass is 10.1. The fourth-order valence-corrected chi connectivity index (χ4v) is 12.2. The van der Waals surface area contributed by atoms with Gasteiger partial charge in [-0.1, -0.05) is 78.1 Å². The van der Waals surface area contributed by atoms with Crippen molar-refractivity contribution in [2.24, 2.45) is 0 Å². The zero-order valence-electron chi connectivity index (χ0n) is 15.9. The molecule has 0 aliphatic heterocycles. The van der Waals surface area contributed by atoms with Crippen molar-refractivity contribution in [3.63, 3.8) is 0 Å². The summed E-state index contributed by atoms with van der Waals surface area (Å²) >= 11 is 0. The van der Waals surface area contributed by atoms with Crippen LogP contribution in [0.1, 0.15) is 78.1 Å². The smallest absolute Gasteiger partial charge is 0.173 e. The molecule has 0 fully saturated rings. The number of hydrogen-bond donors (Lipinski definition) is 0. The average Bonchev–Trinajstić information content (AvgIpc) is 2.37. The monoisotopic (exact) mass is 330 g/mol. The summed E-state index contributed by atoms with van der Waals surface area (Å²) in [6.45, 7) is 14.3.